The van der Waals surface area contributed by atoms with Crippen LogP contribution < -0.4 is 0 Å². The molecule has 3 rings (SSSR count). The van der Waals surface area contributed by atoms with Crippen molar-refractivity contribution in [3.63, 3.8) is 0 Å². The summed E-state index contributed by atoms with van der Waals surface area (Å²) in [6.45, 7) is 12.5. The van der Waals surface area contributed by atoms with Crippen LogP contribution in [0.4, 0.5) is 0 Å². The fourth-order valence-electron chi connectivity index (χ4n) is 4.15. The van der Waals surface area contributed by atoms with E-state index in [0.29, 0.717) is 0 Å². The number of aryl methyl sites for hydroxylation is 3. The molecule has 5 heteroatoms. The van der Waals surface area contributed by atoms with E-state index in [0.717, 1.165) is 50.7 Å². The molecule has 3 heterocycles. The minimum atomic E-state index is -0.0299. The quantitative estimate of drug-likeness (QED) is 0.710. The van der Waals surface area contributed by atoms with Gasteiger partial charge in [-0.15, -0.1) is 0 Å². The van der Waals surface area contributed by atoms with Crippen molar-refractivity contribution >= 4 is 0 Å². The zero-order valence-electron chi connectivity index (χ0n) is 17.5. The maximum absolute atomic E-state index is 5.94. The minimum absolute atomic E-state index is 0.0299. The van der Waals surface area contributed by atoms with E-state index in [-0.39, 0.29) is 11.0 Å². The monoisotopic (exact) mass is 370 g/mol. The van der Waals surface area contributed by atoms with Crippen LogP contribution >= 0.6 is 0 Å². The number of imidazole rings is 1. The molecule has 1 saturated heterocycles. The summed E-state index contributed by atoms with van der Waals surface area (Å²) in [5.74, 6) is 1.16. The third-order valence-electron chi connectivity index (χ3n) is 6.26. The Hall–Kier alpha value is -1.72. The Kier molecular flexibility index (Phi) is 6.02. The lowest BCUT2D eigenvalue weighted by Gasteiger charge is -2.38. The first-order valence-electron chi connectivity index (χ1n) is 10.1. The van der Waals surface area contributed by atoms with Crippen LogP contribution in [-0.4, -0.2) is 45.7 Å². The molecule has 0 N–H and O–H groups in total. The van der Waals surface area contributed by atoms with Crippen LogP contribution in [0.25, 0.3) is 0 Å². The first-order chi connectivity index (χ1) is 12.9. The number of rotatable bonds is 8. The van der Waals surface area contributed by atoms with E-state index in [4.69, 9.17) is 4.74 Å². The molecule has 148 valence electrons. The fraction of sp³-hybridized carbons (Fsp3) is 0.636. The SMILES string of the molecule is CCOC[C@]1(CCc2nccn2C)CCN(C(C)(C)c2ccc(C)nc2)C1. The van der Waals surface area contributed by atoms with Gasteiger partial charge >= 0.3 is 0 Å². The molecule has 2 aromatic rings. The molecule has 0 aromatic carbocycles. The molecule has 1 aliphatic heterocycles. The first kappa shape index (κ1) is 20.0. The smallest absolute Gasteiger partial charge is 0.108 e. The second kappa shape index (κ2) is 8.11. The van der Waals surface area contributed by atoms with Crippen molar-refractivity contribution < 1.29 is 4.74 Å². The highest BCUT2D eigenvalue weighted by molar-refractivity contribution is 5.22. The molecule has 1 aliphatic rings. The Morgan fingerprint density at radius 1 is 1.26 bits per heavy atom. The molecule has 1 atom stereocenters. The molecule has 0 amide bonds. The van der Waals surface area contributed by atoms with Crippen molar-refractivity contribution in [2.45, 2.75) is 52.5 Å². The van der Waals surface area contributed by atoms with Crippen molar-refractivity contribution in [1.82, 2.24) is 19.4 Å². The van der Waals surface area contributed by atoms with E-state index in [9.17, 15) is 0 Å². The van der Waals surface area contributed by atoms with Gasteiger partial charge in [0.25, 0.3) is 0 Å². The second-order valence-electron chi connectivity index (χ2n) is 8.51. The Labute approximate surface area is 163 Å². The molecule has 27 heavy (non-hydrogen) atoms. The topological polar surface area (TPSA) is 43.2 Å². The molecule has 2 aromatic heterocycles. The first-order valence-corrected chi connectivity index (χ1v) is 10.1. The van der Waals surface area contributed by atoms with Crippen LogP contribution in [0.2, 0.25) is 0 Å². The highest BCUT2D eigenvalue weighted by Crippen LogP contribution is 2.41. The van der Waals surface area contributed by atoms with E-state index < -0.39 is 0 Å². The predicted octanol–water partition coefficient (Wildman–Crippen LogP) is 3.72. The van der Waals surface area contributed by atoms with Gasteiger partial charge in [0.05, 0.1) is 6.61 Å². The van der Waals surface area contributed by atoms with Crippen molar-refractivity contribution in [1.29, 1.82) is 0 Å². The number of hydrogen-bond donors (Lipinski definition) is 0. The van der Waals surface area contributed by atoms with Gasteiger partial charge in [0.2, 0.25) is 0 Å². The Morgan fingerprint density at radius 2 is 2.07 bits per heavy atom. The molecular formula is C22H34N4O. The van der Waals surface area contributed by atoms with Gasteiger partial charge in [-0.25, -0.2) is 4.98 Å². The van der Waals surface area contributed by atoms with Crippen LogP contribution in [0.1, 0.15) is 50.7 Å². The molecule has 1 fully saturated rings. The van der Waals surface area contributed by atoms with E-state index in [1.165, 1.54) is 12.0 Å². The number of likely N-dealkylation sites (tertiary alicyclic amines) is 1. The van der Waals surface area contributed by atoms with Crippen LogP contribution in [0.15, 0.2) is 30.7 Å². The van der Waals surface area contributed by atoms with Gasteiger partial charge in [0.15, 0.2) is 0 Å². The summed E-state index contributed by atoms with van der Waals surface area (Å²) in [7, 11) is 2.08. The third-order valence-corrected chi connectivity index (χ3v) is 6.26. The van der Waals surface area contributed by atoms with E-state index in [1.807, 2.05) is 25.5 Å². The fourth-order valence-corrected chi connectivity index (χ4v) is 4.15. The summed E-state index contributed by atoms with van der Waals surface area (Å²) in [5.41, 5.74) is 2.51. The maximum atomic E-state index is 5.94. The normalized spacial score (nSPS) is 21.1. The molecule has 0 spiro atoms. The van der Waals surface area contributed by atoms with E-state index in [1.54, 1.807) is 0 Å². The Morgan fingerprint density at radius 3 is 2.70 bits per heavy atom. The van der Waals surface area contributed by atoms with E-state index >= 15 is 0 Å². The van der Waals surface area contributed by atoms with Crippen LogP contribution in [0.3, 0.4) is 0 Å². The van der Waals surface area contributed by atoms with Crippen molar-refractivity contribution in [2.75, 3.05) is 26.3 Å². The highest BCUT2D eigenvalue weighted by atomic mass is 16.5. The number of nitrogens with zero attached hydrogens (tertiary/aromatic N) is 4. The van der Waals surface area contributed by atoms with Crippen molar-refractivity contribution in [3.8, 4) is 0 Å². The lowest BCUT2D eigenvalue weighted by atomic mass is 9.82. The number of ether oxygens (including phenoxy) is 1. The molecular weight excluding hydrogens is 336 g/mol. The largest absolute Gasteiger partial charge is 0.381 e. The average Bonchev–Trinajstić information content (AvgIpc) is 3.26. The van der Waals surface area contributed by atoms with Gasteiger partial charge in [-0.3, -0.25) is 9.88 Å². The molecule has 0 saturated carbocycles. The van der Waals surface area contributed by atoms with Gasteiger partial charge in [0, 0.05) is 61.9 Å². The lowest BCUT2D eigenvalue weighted by Crippen LogP contribution is -2.42. The molecule has 5 nitrogen and oxygen atoms in total. The molecule has 0 unspecified atom stereocenters. The maximum Gasteiger partial charge on any atom is 0.108 e. The van der Waals surface area contributed by atoms with Crippen LogP contribution in [0, 0.1) is 12.3 Å². The van der Waals surface area contributed by atoms with Gasteiger partial charge in [-0.05, 0) is 58.7 Å². The number of hydrogen-bond acceptors (Lipinski definition) is 4. The van der Waals surface area contributed by atoms with Crippen LogP contribution in [-0.2, 0) is 23.7 Å². The second-order valence-corrected chi connectivity index (χ2v) is 8.51. The number of pyridine rings is 1. The zero-order chi connectivity index (χ0) is 19.5. The summed E-state index contributed by atoms with van der Waals surface area (Å²) in [6, 6.07) is 4.33. The van der Waals surface area contributed by atoms with Gasteiger partial charge in [-0.1, -0.05) is 6.07 Å². The van der Waals surface area contributed by atoms with Gasteiger partial charge in [-0.2, -0.15) is 0 Å². The molecule has 0 bridgehead atoms. The third kappa shape index (κ3) is 4.41. The number of aromatic nitrogens is 3. The molecule has 0 aliphatic carbocycles. The molecule has 0 radical (unpaired) electrons. The average molecular weight is 371 g/mol. The summed E-state index contributed by atoms with van der Waals surface area (Å²) in [5, 5.41) is 0. The minimum Gasteiger partial charge on any atom is -0.381 e. The Bertz CT molecular complexity index is 737. The van der Waals surface area contributed by atoms with E-state index in [2.05, 4.69) is 59.4 Å². The van der Waals surface area contributed by atoms with Crippen molar-refractivity contribution in [3.05, 3.63) is 47.8 Å². The van der Waals surface area contributed by atoms with Gasteiger partial charge in [0.1, 0.15) is 5.82 Å². The lowest BCUT2D eigenvalue weighted by molar-refractivity contribution is 0.0381. The zero-order valence-corrected chi connectivity index (χ0v) is 17.5. The standard InChI is InChI=1S/C22H34N4O/c1-6-27-17-22(10-9-20-23-12-14-25(20)5)11-13-26(16-22)21(3,4)19-8-7-18(2)24-15-19/h7-8,12,14-15H,6,9-11,13,16-17H2,1-5H3/t22-/m1/s1. The highest BCUT2D eigenvalue weighted by Gasteiger charge is 2.43. The van der Waals surface area contributed by atoms with Crippen LogP contribution in [0.5, 0.6) is 0 Å². The van der Waals surface area contributed by atoms with Crippen molar-refractivity contribution in [2.24, 2.45) is 12.5 Å². The summed E-state index contributed by atoms with van der Waals surface area (Å²) < 4.78 is 8.07. The predicted molar refractivity (Wildman–Crippen MR) is 109 cm³/mol. The summed E-state index contributed by atoms with van der Waals surface area (Å²) in [6.07, 6.45) is 9.22. The Balaban J connectivity index is 1.74. The summed E-state index contributed by atoms with van der Waals surface area (Å²) >= 11 is 0. The van der Waals surface area contributed by atoms with Gasteiger partial charge < -0.3 is 9.30 Å². The summed E-state index contributed by atoms with van der Waals surface area (Å²) in [4.78, 5) is 11.6.